The fraction of sp³-hybridized carbons (Fsp3) is 0.429. The first-order valence-electron chi connectivity index (χ1n) is 6.23. The third kappa shape index (κ3) is 2.86. The van der Waals surface area contributed by atoms with Crippen molar-refractivity contribution in [2.75, 3.05) is 13.7 Å². The summed E-state index contributed by atoms with van der Waals surface area (Å²) >= 11 is 6.36. The Hall–Kier alpha value is -1.03. The summed E-state index contributed by atoms with van der Waals surface area (Å²) in [6.07, 6.45) is 1.03. The Labute approximate surface area is 112 Å². The number of rotatable bonds is 6. The average Bonchev–Trinajstić information content (AvgIpc) is 2.72. The van der Waals surface area contributed by atoms with Gasteiger partial charge < -0.3 is 15.0 Å². The van der Waals surface area contributed by atoms with Crippen LogP contribution in [0.15, 0.2) is 24.3 Å². The van der Waals surface area contributed by atoms with Gasteiger partial charge in [0.2, 0.25) is 0 Å². The summed E-state index contributed by atoms with van der Waals surface area (Å²) in [4.78, 5) is 3.35. The number of fused-ring (bicyclic) bond motifs is 1. The van der Waals surface area contributed by atoms with Crippen molar-refractivity contribution in [1.29, 1.82) is 0 Å². The number of methoxy groups -OCH3 is 1. The lowest BCUT2D eigenvalue weighted by Gasteiger charge is -2.15. The lowest BCUT2D eigenvalue weighted by molar-refractivity contribution is 0.163. The van der Waals surface area contributed by atoms with E-state index in [1.807, 2.05) is 24.3 Å². The quantitative estimate of drug-likeness (QED) is 0.841. The van der Waals surface area contributed by atoms with Crippen LogP contribution in [0.25, 0.3) is 10.9 Å². The Kier molecular flexibility index (Phi) is 4.64. The molecule has 0 saturated carbocycles. The molecule has 0 spiro atoms. The highest BCUT2D eigenvalue weighted by Gasteiger charge is 2.11. The molecule has 0 radical (unpaired) electrons. The molecule has 0 fully saturated rings. The monoisotopic (exact) mass is 266 g/mol. The Balaban J connectivity index is 2.09. The van der Waals surface area contributed by atoms with Gasteiger partial charge >= 0.3 is 0 Å². The number of benzene rings is 1. The summed E-state index contributed by atoms with van der Waals surface area (Å²) in [5, 5.41) is 5.34. The van der Waals surface area contributed by atoms with E-state index in [0.717, 1.165) is 34.6 Å². The van der Waals surface area contributed by atoms with Gasteiger partial charge in [-0.1, -0.05) is 36.7 Å². The molecule has 98 valence electrons. The molecule has 0 aliphatic heterocycles. The molecule has 1 aromatic carbocycles. The van der Waals surface area contributed by atoms with Crippen molar-refractivity contribution in [3.05, 3.63) is 35.0 Å². The molecular weight excluding hydrogens is 248 g/mol. The molecule has 2 N–H and O–H groups in total. The predicted octanol–water partition coefficient (Wildman–Crippen LogP) is 3.34. The fourth-order valence-corrected chi connectivity index (χ4v) is 2.33. The SMILES string of the molecule is CCC(COC)NCc1[nH]c2ccccc2c1Cl. The van der Waals surface area contributed by atoms with Gasteiger partial charge in [-0.3, -0.25) is 0 Å². The number of hydrogen-bond acceptors (Lipinski definition) is 2. The number of aromatic amines is 1. The number of para-hydroxylation sites is 1. The fourth-order valence-electron chi connectivity index (χ4n) is 2.05. The minimum atomic E-state index is 0.359. The zero-order chi connectivity index (χ0) is 13.0. The lowest BCUT2D eigenvalue weighted by Crippen LogP contribution is -2.32. The molecule has 3 nitrogen and oxygen atoms in total. The number of nitrogens with one attached hydrogen (secondary N) is 2. The summed E-state index contributed by atoms with van der Waals surface area (Å²) in [7, 11) is 1.72. The van der Waals surface area contributed by atoms with Crippen molar-refractivity contribution in [2.24, 2.45) is 0 Å². The zero-order valence-electron chi connectivity index (χ0n) is 10.8. The van der Waals surface area contributed by atoms with Gasteiger partial charge in [0.15, 0.2) is 0 Å². The van der Waals surface area contributed by atoms with Crippen LogP contribution in [-0.4, -0.2) is 24.7 Å². The second-order valence-corrected chi connectivity index (χ2v) is 4.78. The molecule has 0 bridgehead atoms. The van der Waals surface area contributed by atoms with E-state index in [4.69, 9.17) is 16.3 Å². The average molecular weight is 267 g/mol. The third-order valence-electron chi connectivity index (χ3n) is 3.14. The van der Waals surface area contributed by atoms with Crippen LogP contribution < -0.4 is 5.32 Å². The van der Waals surface area contributed by atoms with Gasteiger partial charge in [0, 0.05) is 36.3 Å². The maximum absolute atomic E-state index is 6.36. The van der Waals surface area contributed by atoms with Crippen molar-refractivity contribution in [3.63, 3.8) is 0 Å². The maximum Gasteiger partial charge on any atom is 0.0705 e. The Bertz CT molecular complexity index is 509. The first-order valence-corrected chi connectivity index (χ1v) is 6.61. The molecule has 18 heavy (non-hydrogen) atoms. The Morgan fingerprint density at radius 3 is 2.83 bits per heavy atom. The normalized spacial score (nSPS) is 13.1. The molecule has 0 amide bonds. The minimum absolute atomic E-state index is 0.359. The van der Waals surface area contributed by atoms with Crippen LogP contribution in [0.5, 0.6) is 0 Å². The summed E-state index contributed by atoms with van der Waals surface area (Å²) in [6.45, 7) is 3.59. The van der Waals surface area contributed by atoms with E-state index in [-0.39, 0.29) is 0 Å². The molecule has 0 aliphatic rings. The van der Waals surface area contributed by atoms with Gasteiger partial charge in [-0.25, -0.2) is 0 Å². The van der Waals surface area contributed by atoms with E-state index in [0.29, 0.717) is 12.6 Å². The lowest BCUT2D eigenvalue weighted by atomic mass is 10.2. The van der Waals surface area contributed by atoms with Crippen LogP contribution in [0.1, 0.15) is 19.0 Å². The van der Waals surface area contributed by atoms with Crippen molar-refractivity contribution in [3.8, 4) is 0 Å². The molecule has 1 unspecified atom stereocenters. The topological polar surface area (TPSA) is 37.0 Å². The molecule has 4 heteroatoms. The van der Waals surface area contributed by atoms with E-state index < -0.39 is 0 Å². The predicted molar refractivity (Wildman–Crippen MR) is 76.1 cm³/mol. The van der Waals surface area contributed by atoms with Crippen LogP contribution >= 0.6 is 11.6 Å². The van der Waals surface area contributed by atoms with Gasteiger partial charge in [0.1, 0.15) is 0 Å². The molecule has 1 heterocycles. The zero-order valence-corrected chi connectivity index (χ0v) is 11.6. The standard InChI is InChI=1S/C14H19ClN2O/c1-3-10(9-18-2)16-8-13-14(15)11-6-4-5-7-12(11)17-13/h4-7,10,16-17H,3,8-9H2,1-2H3. The largest absolute Gasteiger partial charge is 0.383 e. The van der Waals surface area contributed by atoms with Gasteiger partial charge in [-0.05, 0) is 12.5 Å². The highest BCUT2D eigenvalue weighted by atomic mass is 35.5. The number of hydrogen-bond donors (Lipinski definition) is 2. The summed E-state index contributed by atoms with van der Waals surface area (Å²) in [5.74, 6) is 0. The second kappa shape index (κ2) is 6.23. The highest BCUT2D eigenvalue weighted by molar-refractivity contribution is 6.36. The van der Waals surface area contributed by atoms with Gasteiger partial charge in [-0.2, -0.15) is 0 Å². The first kappa shape index (κ1) is 13.4. The number of aromatic nitrogens is 1. The van der Waals surface area contributed by atoms with E-state index in [2.05, 4.69) is 17.2 Å². The second-order valence-electron chi connectivity index (χ2n) is 4.40. The van der Waals surface area contributed by atoms with Crippen LogP contribution in [0.4, 0.5) is 0 Å². The molecular formula is C14H19ClN2O. The summed E-state index contributed by atoms with van der Waals surface area (Å²) in [6, 6.07) is 8.43. The molecule has 1 aromatic heterocycles. The van der Waals surface area contributed by atoms with Gasteiger partial charge in [0.25, 0.3) is 0 Å². The molecule has 0 aliphatic carbocycles. The first-order chi connectivity index (χ1) is 8.76. The third-order valence-corrected chi connectivity index (χ3v) is 3.57. The number of ether oxygens (including phenoxy) is 1. The highest BCUT2D eigenvalue weighted by Crippen LogP contribution is 2.27. The summed E-state index contributed by atoms with van der Waals surface area (Å²) in [5.41, 5.74) is 2.12. The molecule has 2 rings (SSSR count). The smallest absolute Gasteiger partial charge is 0.0705 e. The molecule has 2 aromatic rings. The van der Waals surface area contributed by atoms with E-state index in [9.17, 15) is 0 Å². The van der Waals surface area contributed by atoms with Crippen LogP contribution in [-0.2, 0) is 11.3 Å². The van der Waals surface area contributed by atoms with E-state index >= 15 is 0 Å². The number of halogens is 1. The van der Waals surface area contributed by atoms with Crippen molar-refractivity contribution >= 4 is 22.5 Å². The van der Waals surface area contributed by atoms with Crippen molar-refractivity contribution in [2.45, 2.75) is 25.9 Å². The number of H-pyrrole nitrogens is 1. The van der Waals surface area contributed by atoms with Crippen LogP contribution in [0, 0.1) is 0 Å². The summed E-state index contributed by atoms with van der Waals surface area (Å²) < 4.78 is 5.17. The molecule has 1 atom stereocenters. The van der Waals surface area contributed by atoms with Gasteiger partial charge in [-0.15, -0.1) is 0 Å². The van der Waals surface area contributed by atoms with Crippen molar-refractivity contribution in [1.82, 2.24) is 10.3 Å². The van der Waals surface area contributed by atoms with E-state index in [1.54, 1.807) is 7.11 Å². The minimum Gasteiger partial charge on any atom is -0.383 e. The Morgan fingerprint density at radius 1 is 1.39 bits per heavy atom. The van der Waals surface area contributed by atoms with Crippen molar-refractivity contribution < 1.29 is 4.74 Å². The van der Waals surface area contributed by atoms with Gasteiger partial charge in [0.05, 0.1) is 11.6 Å². The Morgan fingerprint density at radius 2 is 2.17 bits per heavy atom. The van der Waals surface area contributed by atoms with E-state index in [1.165, 1.54) is 0 Å². The van der Waals surface area contributed by atoms with Crippen LogP contribution in [0.2, 0.25) is 5.02 Å². The maximum atomic E-state index is 6.36. The van der Waals surface area contributed by atoms with Crippen LogP contribution in [0.3, 0.4) is 0 Å². The molecule has 0 saturated heterocycles.